The molecular formula is C14H7BrFNO3. The Morgan fingerprint density at radius 2 is 1.60 bits per heavy atom. The van der Waals surface area contributed by atoms with E-state index in [-0.39, 0.29) is 27.0 Å². The van der Waals surface area contributed by atoms with Gasteiger partial charge < -0.3 is 5.11 Å². The number of aromatic hydroxyl groups is 1. The number of nitrogens with zero attached hydrogens (tertiary/aromatic N) is 1. The molecule has 20 heavy (non-hydrogen) atoms. The van der Waals surface area contributed by atoms with Gasteiger partial charge in [-0.25, -0.2) is 9.29 Å². The minimum absolute atomic E-state index is 0.148. The number of phenolic OH excluding ortho intramolecular Hbond substituents is 1. The van der Waals surface area contributed by atoms with Gasteiger partial charge in [0, 0.05) is 6.07 Å². The lowest BCUT2D eigenvalue weighted by atomic mass is 10.1. The summed E-state index contributed by atoms with van der Waals surface area (Å²) in [5, 5.41) is 9.61. The Hall–Kier alpha value is -2.21. The quantitative estimate of drug-likeness (QED) is 0.814. The van der Waals surface area contributed by atoms with Gasteiger partial charge in [-0.3, -0.25) is 9.59 Å². The Kier molecular flexibility index (Phi) is 2.83. The largest absolute Gasteiger partial charge is 0.507 e. The smallest absolute Gasteiger partial charge is 0.266 e. The lowest BCUT2D eigenvalue weighted by Gasteiger charge is -2.15. The molecule has 0 aromatic heterocycles. The molecule has 2 aromatic carbocycles. The third-order valence-corrected chi connectivity index (χ3v) is 3.69. The Morgan fingerprint density at radius 1 is 1.05 bits per heavy atom. The first-order valence-electron chi connectivity index (χ1n) is 5.66. The topological polar surface area (TPSA) is 57.6 Å². The zero-order valence-corrected chi connectivity index (χ0v) is 11.5. The molecule has 4 nitrogen and oxygen atoms in total. The van der Waals surface area contributed by atoms with Crippen LogP contribution in [0.5, 0.6) is 5.75 Å². The number of imide groups is 1. The van der Waals surface area contributed by atoms with Crippen molar-refractivity contribution in [3.05, 3.63) is 57.8 Å². The average molecular weight is 336 g/mol. The van der Waals surface area contributed by atoms with Crippen molar-refractivity contribution in [2.45, 2.75) is 0 Å². The van der Waals surface area contributed by atoms with Crippen molar-refractivity contribution >= 4 is 33.4 Å². The average Bonchev–Trinajstić information content (AvgIpc) is 2.68. The lowest BCUT2D eigenvalue weighted by Crippen LogP contribution is -2.30. The summed E-state index contributed by atoms with van der Waals surface area (Å²) in [4.78, 5) is 25.1. The van der Waals surface area contributed by atoms with Crippen LogP contribution in [0.3, 0.4) is 0 Å². The van der Waals surface area contributed by atoms with Gasteiger partial charge in [0.1, 0.15) is 11.6 Å². The Bertz CT molecular complexity index is 725. The third-order valence-electron chi connectivity index (χ3n) is 3.05. The molecule has 1 N–H and O–H groups in total. The van der Waals surface area contributed by atoms with Crippen LogP contribution < -0.4 is 4.90 Å². The van der Waals surface area contributed by atoms with Crippen LogP contribution in [0.1, 0.15) is 20.7 Å². The minimum atomic E-state index is -0.774. The second-order valence-electron chi connectivity index (χ2n) is 4.25. The van der Waals surface area contributed by atoms with Crippen LogP contribution in [-0.4, -0.2) is 16.9 Å². The fraction of sp³-hybridized carbons (Fsp3) is 0. The number of phenols is 1. The number of fused-ring (bicyclic) bond motifs is 1. The molecule has 6 heteroatoms. The van der Waals surface area contributed by atoms with Crippen molar-refractivity contribution in [2.24, 2.45) is 0 Å². The number of carbonyl (C=O) groups excluding carboxylic acids is 2. The first kappa shape index (κ1) is 12.8. The number of hydrogen-bond donors (Lipinski definition) is 1. The molecule has 0 saturated heterocycles. The zero-order chi connectivity index (χ0) is 14.4. The number of amides is 2. The van der Waals surface area contributed by atoms with E-state index in [2.05, 4.69) is 15.9 Å². The van der Waals surface area contributed by atoms with Crippen molar-refractivity contribution in [3.63, 3.8) is 0 Å². The summed E-state index contributed by atoms with van der Waals surface area (Å²) in [5.41, 5.74) is 0.176. The molecule has 0 unspecified atom stereocenters. The van der Waals surface area contributed by atoms with Crippen LogP contribution in [0.4, 0.5) is 10.1 Å². The highest BCUT2D eigenvalue weighted by Crippen LogP contribution is 2.35. The normalized spacial score (nSPS) is 13.8. The molecule has 1 heterocycles. The van der Waals surface area contributed by atoms with E-state index in [9.17, 15) is 19.1 Å². The molecule has 1 aliphatic heterocycles. The van der Waals surface area contributed by atoms with E-state index < -0.39 is 17.6 Å². The maximum absolute atomic E-state index is 14.0. The van der Waals surface area contributed by atoms with E-state index in [0.29, 0.717) is 0 Å². The predicted octanol–water partition coefficient (Wildman–Crippen LogP) is 3.09. The van der Waals surface area contributed by atoms with Crippen molar-refractivity contribution in [2.75, 3.05) is 4.90 Å². The maximum Gasteiger partial charge on any atom is 0.266 e. The summed E-state index contributed by atoms with van der Waals surface area (Å²) in [6, 6.07) is 8.32. The van der Waals surface area contributed by atoms with E-state index in [1.54, 1.807) is 12.1 Å². The fourth-order valence-electron chi connectivity index (χ4n) is 2.11. The third kappa shape index (κ3) is 1.72. The van der Waals surface area contributed by atoms with E-state index in [1.165, 1.54) is 12.1 Å². The van der Waals surface area contributed by atoms with Gasteiger partial charge in [-0.2, -0.15) is 0 Å². The highest BCUT2D eigenvalue weighted by Gasteiger charge is 2.37. The molecule has 0 spiro atoms. The fourth-order valence-corrected chi connectivity index (χ4v) is 2.42. The monoisotopic (exact) mass is 335 g/mol. The highest BCUT2D eigenvalue weighted by molar-refractivity contribution is 9.10. The van der Waals surface area contributed by atoms with Gasteiger partial charge in [-0.1, -0.05) is 12.1 Å². The van der Waals surface area contributed by atoms with Crippen LogP contribution in [0.2, 0.25) is 0 Å². The number of hydrogen-bond acceptors (Lipinski definition) is 3. The number of benzene rings is 2. The molecule has 0 fully saturated rings. The molecule has 2 amide bonds. The number of anilines is 1. The standard InChI is InChI=1S/C14H7BrFNO3/c15-9-5-10(16)11(6-12(9)18)17-13(19)7-3-1-2-4-8(7)14(17)20/h1-6,18H. The summed E-state index contributed by atoms with van der Waals surface area (Å²) < 4.78 is 14.1. The summed E-state index contributed by atoms with van der Waals surface area (Å²) >= 11 is 2.97. The molecule has 0 aliphatic carbocycles. The number of carbonyl (C=O) groups is 2. The van der Waals surface area contributed by atoms with Crippen LogP contribution in [0, 0.1) is 5.82 Å². The van der Waals surface area contributed by atoms with Crippen LogP contribution >= 0.6 is 15.9 Å². The van der Waals surface area contributed by atoms with E-state index in [1.807, 2.05) is 0 Å². The number of halogens is 2. The van der Waals surface area contributed by atoms with Crippen molar-refractivity contribution in [1.29, 1.82) is 0 Å². The summed E-state index contributed by atoms with van der Waals surface area (Å²) in [5.74, 6) is -2.24. The molecule has 0 radical (unpaired) electrons. The Labute approximate surface area is 121 Å². The van der Waals surface area contributed by atoms with Gasteiger partial charge in [0.15, 0.2) is 0 Å². The van der Waals surface area contributed by atoms with Gasteiger partial charge in [0.05, 0.1) is 21.3 Å². The summed E-state index contributed by atoms with van der Waals surface area (Å²) in [7, 11) is 0. The highest BCUT2D eigenvalue weighted by atomic mass is 79.9. The SMILES string of the molecule is O=C1c2ccccc2C(=O)N1c1cc(O)c(Br)cc1F. The maximum atomic E-state index is 14.0. The molecule has 100 valence electrons. The van der Waals surface area contributed by atoms with Crippen LogP contribution in [0.15, 0.2) is 40.9 Å². The predicted molar refractivity (Wildman–Crippen MR) is 73.3 cm³/mol. The first-order chi connectivity index (χ1) is 9.50. The van der Waals surface area contributed by atoms with Crippen LogP contribution in [-0.2, 0) is 0 Å². The van der Waals surface area contributed by atoms with E-state index in [0.717, 1.165) is 17.0 Å². The molecule has 0 bridgehead atoms. The number of rotatable bonds is 1. The van der Waals surface area contributed by atoms with E-state index in [4.69, 9.17) is 0 Å². The molecule has 3 rings (SSSR count). The molecule has 0 atom stereocenters. The van der Waals surface area contributed by atoms with Gasteiger partial charge in [-0.05, 0) is 34.1 Å². The van der Waals surface area contributed by atoms with E-state index >= 15 is 0 Å². The second kappa shape index (κ2) is 4.42. The van der Waals surface area contributed by atoms with Gasteiger partial charge in [0.2, 0.25) is 0 Å². The summed E-state index contributed by atoms with van der Waals surface area (Å²) in [6.07, 6.45) is 0. The molecule has 2 aromatic rings. The molecule has 1 aliphatic rings. The van der Waals surface area contributed by atoms with Crippen molar-refractivity contribution in [3.8, 4) is 5.75 Å². The Balaban J connectivity index is 2.17. The van der Waals surface area contributed by atoms with Crippen LogP contribution in [0.25, 0.3) is 0 Å². The Morgan fingerprint density at radius 3 is 2.15 bits per heavy atom. The van der Waals surface area contributed by atoms with Crippen molar-refractivity contribution < 1.29 is 19.1 Å². The van der Waals surface area contributed by atoms with Gasteiger partial charge >= 0.3 is 0 Å². The lowest BCUT2D eigenvalue weighted by molar-refractivity contribution is 0.0925. The summed E-state index contributed by atoms with van der Waals surface area (Å²) in [6.45, 7) is 0. The minimum Gasteiger partial charge on any atom is -0.507 e. The second-order valence-corrected chi connectivity index (χ2v) is 5.10. The molecule has 0 saturated carbocycles. The molecular weight excluding hydrogens is 329 g/mol. The van der Waals surface area contributed by atoms with Gasteiger partial charge in [0.25, 0.3) is 11.8 Å². The van der Waals surface area contributed by atoms with Gasteiger partial charge in [-0.15, -0.1) is 0 Å². The first-order valence-corrected chi connectivity index (χ1v) is 6.46. The zero-order valence-electron chi connectivity index (χ0n) is 9.93. The van der Waals surface area contributed by atoms with Crippen molar-refractivity contribution in [1.82, 2.24) is 0 Å².